The predicted molar refractivity (Wildman–Crippen MR) is 60.9 cm³/mol. The lowest BCUT2D eigenvalue weighted by Crippen LogP contribution is -2.31. The fourth-order valence-corrected chi connectivity index (χ4v) is 1.75. The first kappa shape index (κ1) is 11.1. The van der Waals surface area contributed by atoms with Gasteiger partial charge in [0.2, 0.25) is 0 Å². The summed E-state index contributed by atoms with van der Waals surface area (Å²) in [6.07, 6.45) is 0.107. The van der Waals surface area contributed by atoms with Crippen LogP contribution < -0.4 is 0 Å². The summed E-state index contributed by atoms with van der Waals surface area (Å²) >= 11 is 3.34. The summed E-state index contributed by atoms with van der Waals surface area (Å²) in [5.41, 5.74) is 1.08. The van der Waals surface area contributed by atoms with Gasteiger partial charge in [0.1, 0.15) is 0 Å². The number of hydrogen-bond donors (Lipinski definition) is 0. The van der Waals surface area contributed by atoms with Crippen LogP contribution in [0.25, 0.3) is 0 Å². The van der Waals surface area contributed by atoms with Crippen molar-refractivity contribution in [1.82, 2.24) is 4.90 Å². The zero-order valence-electron chi connectivity index (χ0n) is 8.48. The highest BCUT2D eigenvalue weighted by Gasteiger charge is 2.30. The molecule has 16 heavy (non-hydrogen) atoms. The highest BCUT2D eigenvalue weighted by molar-refractivity contribution is 9.10. The third-order valence-electron chi connectivity index (χ3n) is 2.38. The highest BCUT2D eigenvalue weighted by atomic mass is 79.9. The number of ether oxygens (including phenoxy) is 1. The average molecular weight is 284 g/mol. The monoisotopic (exact) mass is 283 g/mol. The third-order valence-corrected chi connectivity index (χ3v) is 2.91. The van der Waals surface area contributed by atoms with E-state index in [0.29, 0.717) is 13.0 Å². The molecule has 1 heterocycles. The van der Waals surface area contributed by atoms with Crippen LogP contribution in [0.5, 0.6) is 0 Å². The molecule has 0 aromatic heterocycles. The maximum Gasteiger partial charge on any atom is 0.417 e. The summed E-state index contributed by atoms with van der Waals surface area (Å²) in [6.45, 7) is 0.248. The topological polar surface area (TPSA) is 46.6 Å². The quantitative estimate of drug-likeness (QED) is 0.852. The van der Waals surface area contributed by atoms with Gasteiger partial charge in [-0.1, -0.05) is 28.1 Å². The van der Waals surface area contributed by atoms with Gasteiger partial charge in [-0.25, -0.2) is 9.69 Å². The summed E-state index contributed by atoms with van der Waals surface area (Å²) in [6, 6.07) is 7.77. The van der Waals surface area contributed by atoms with Crippen molar-refractivity contribution in [2.75, 3.05) is 13.2 Å². The molecule has 4 nitrogen and oxygen atoms in total. The van der Waals surface area contributed by atoms with Crippen molar-refractivity contribution in [2.45, 2.75) is 6.42 Å². The first-order chi connectivity index (χ1) is 7.66. The molecule has 1 fully saturated rings. The number of benzene rings is 1. The first-order valence-corrected chi connectivity index (χ1v) is 5.67. The van der Waals surface area contributed by atoms with Crippen LogP contribution in [-0.2, 0) is 16.0 Å². The molecule has 0 saturated carbocycles. The molecule has 0 radical (unpaired) electrons. The molecule has 0 bridgehead atoms. The van der Waals surface area contributed by atoms with E-state index in [4.69, 9.17) is 0 Å². The zero-order valence-corrected chi connectivity index (χ0v) is 10.1. The Bertz CT molecular complexity index is 400. The minimum absolute atomic E-state index is 0.126. The molecule has 0 spiro atoms. The Kier molecular flexibility index (Phi) is 3.24. The molecular formula is C11H10BrNO3. The summed E-state index contributed by atoms with van der Waals surface area (Å²) in [5, 5.41) is 0. The summed E-state index contributed by atoms with van der Waals surface area (Å²) in [5.74, 6) is -0.262. The van der Waals surface area contributed by atoms with E-state index < -0.39 is 6.09 Å². The van der Waals surface area contributed by atoms with Crippen LogP contribution in [0.2, 0.25) is 0 Å². The van der Waals surface area contributed by atoms with Gasteiger partial charge in [-0.3, -0.25) is 4.79 Å². The van der Waals surface area contributed by atoms with Gasteiger partial charge in [0.05, 0.1) is 0 Å². The number of carbonyl (C=O) groups is 2. The van der Waals surface area contributed by atoms with Gasteiger partial charge in [0.15, 0.2) is 6.61 Å². The number of nitrogens with zero attached hydrogens (tertiary/aromatic N) is 1. The van der Waals surface area contributed by atoms with Gasteiger partial charge < -0.3 is 4.74 Å². The Morgan fingerprint density at radius 2 is 1.94 bits per heavy atom. The van der Waals surface area contributed by atoms with Crippen molar-refractivity contribution in [3.8, 4) is 0 Å². The molecule has 1 aliphatic rings. The summed E-state index contributed by atoms with van der Waals surface area (Å²) in [7, 11) is 0. The number of imide groups is 1. The van der Waals surface area contributed by atoms with Gasteiger partial charge in [-0.15, -0.1) is 0 Å². The molecule has 0 aliphatic carbocycles. The molecule has 84 valence electrons. The van der Waals surface area contributed by atoms with E-state index in [1.54, 1.807) is 0 Å². The Labute approximate surface area is 101 Å². The van der Waals surface area contributed by atoms with Gasteiger partial charge in [0.25, 0.3) is 5.91 Å². The molecule has 2 rings (SSSR count). The van der Waals surface area contributed by atoms with E-state index in [0.717, 1.165) is 14.9 Å². The smallest absolute Gasteiger partial charge is 0.417 e. The first-order valence-electron chi connectivity index (χ1n) is 4.88. The fourth-order valence-electron chi connectivity index (χ4n) is 1.49. The predicted octanol–water partition coefficient (Wildman–Crippen LogP) is 1.97. The minimum atomic E-state index is -0.540. The Morgan fingerprint density at radius 1 is 1.25 bits per heavy atom. The molecule has 1 aliphatic heterocycles. The van der Waals surface area contributed by atoms with Crippen molar-refractivity contribution >= 4 is 27.9 Å². The highest BCUT2D eigenvalue weighted by Crippen LogP contribution is 2.12. The van der Waals surface area contributed by atoms with Gasteiger partial charge in [0, 0.05) is 11.0 Å². The van der Waals surface area contributed by atoms with Crippen molar-refractivity contribution in [2.24, 2.45) is 0 Å². The van der Waals surface area contributed by atoms with E-state index >= 15 is 0 Å². The average Bonchev–Trinajstić information content (AvgIpc) is 2.59. The summed E-state index contributed by atoms with van der Waals surface area (Å²) in [4.78, 5) is 23.5. The number of halogens is 1. The summed E-state index contributed by atoms with van der Waals surface area (Å²) < 4.78 is 5.62. The second kappa shape index (κ2) is 4.65. The Hall–Kier alpha value is -1.36. The van der Waals surface area contributed by atoms with E-state index in [-0.39, 0.29) is 12.5 Å². The van der Waals surface area contributed by atoms with Crippen LogP contribution in [0, 0.1) is 0 Å². The lowest BCUT2D eigenvalue weighted by atomic mass is 10.1. The Morgan fingerprint density at radius 3 is 2.50 bits per heavy atom. The van der Waals surface area contributed by atoms with Crippen molar-refractivity contribution in [3.63, 3.8) is 0 Å². The van der Waals surface area contributed by atoms with Crippen molar-refractivity contribution < 1.29 is 14.3 Å². The molecule has 2 amide bonds. The second-order valence-corrected chi connectivity index (χ2v) is 4.39. The molecule has 0 atom stereocenters. The van der Waals surface area contributed by atoms with Gasteiger partial charge >= 0.3 is 6.09 Å². The third kappa shape index (κ3) is 2.41. The van der Waals surface area contributed by atoms with Crippen LogP contribution in [0.3, 0.4) is 0 Å². The van der Waals surface area contributed by atoms with E-state index in [1.165, 1.54) is 0 Å². The maximum absolute atomic E-state index is 11.2. The van der Waals surface area contributed by atoms with E-state index in [9.17, 15) is 9.59 Å². The molecule has 1 saturated heterocycles. The van der Waals surface area contributed by atoms with Crippen molar-refractivity contribution in [3.05, 3.63) is 34.3 Å². The van der Waals surface area contributed by atoms with Crippen LogP contribution >= 0.6 is 15.9 Å². The fraction of sp³-hybridized carbons (Fsp3) is 0.273. The lowest BCUT2D eigenvalue weighted by Gasteiger charge is -2.10. The van der Waals surface area contributed by atoms with Gasteiger partial charge in [-0.05, 0) is 24.1 Å². The number of rotatable bonds is 3. The van der Waals surface area contributed by atoms with Crippen molar-refractivity contribution in [1.29, 1.82) is 0 Å². The zero-order chi connectivity index (χ0) is 11.5. The standard InChI is InChI=1S/C11H10BrNO3/c12-9-3-1-8(2-4-9)5-6-13-10(14)7-16-11(13)15/h1-4H,5-7H2. The van der Waals surface area contributed by atoms with Crippen LogP contribution in [0.4, 0.5) is 4.79 Å². The van der Waals surface area contributed by atoms with Crippen LogP contribution in [0.15, 0.2) is 28.7 Å². The maximum atomic E-state index is 11.2. The van der Waals surface area contributed by atoms with E-state index in [2.05, 4.69) is 20.7 Å². The second-order valence-electron chi connectivity index (χ2n) is 3.48. The molecule has 0 N–H and O–H groups in total. The van der Waals surface area contributed by atoms with Crippen LogP contribution in [-0.4, -0.2) is 30.1 Å². The number of cyclic esters (lactones) is 1. The van der Waals surface area contributed by atoms with Gasteiger partial charge in [-0.2, -0.15) is 0 Å². The molecule has 1 aromatic carbocycles. The van der Waals surface area contributed by atoms with Crippen LogP contribution in [0.1, 0.15) is 5.56 Å². The molecule has 5 heteroatoms. The Balaban J connectivity index is 1.94. The van der Waals surface area contributed by atoms with E-state index in [1.807, 2.05) is 24.3 Å². The lowest BCUT2D eigenvalue weighted by molar-refractivity contribution is -0.125. The number of hydrogen-bond acceptors (Lipinski definition) is 3. The normalized spacial score (nSPS) is 15.4. The molecule has 1 aromatic rings. The largest absolute Gasteiger partial charge is 0.439 e. The molecule has 0 unspecified atom stereocenters. The number of carbonyl (C=O) groups excluding carboxylic acids is 2. The number of amides is 2. The molecular weight excluding hydrogens is 274 g/mol. The minimum Gasteiger partial charge on any atom is -0.439 e. The SMILES string of the molecule is O=C1COC(=O)N1CCc1ccc(Br)cc1.